The lowest BCUT2D eigenvalue weighted by Crippen LogP contribution is -2.45. The second-order valence-electron chi connectivity index (χ2n) is 6.77. The topological polar surface area (TPSA) is 40.9 Å². The normalized spacial score (nSPS) is 16.1. The Morgan fingerprint density at radius 2 is 1.74 bits per heavy atom. The molecule has 3 aromatic rings. The highest BCUT2D eigenvalue weighted by Crippen LogP contribution is 2.21. The minimum atomic E-state index is -0.259. The summed E-state index contributed by atoms with van der Waals surface area (Å²) in [5.41, 5.74) is 1.92. The van der Waals surface area contributed by atoms with Crippen molar-refractivity contribution in [1.82, 2.24) is 19.2 Å². The predicted octanol–water partition coefficient (Wildman–Crippen LogP) is 2.80. The molecule has 0 bridgehead atoms. The van der Waals surface area contributed by atoms with Crippen LogP contribution in [0.4, 0.5) is 4.39 Å². The maximum Gasteiger partial charge on any atom is 0.258 e. The Morgan fingerprint density at radius 3 is 2.48 bits per heavy atom. The Kier molecular flexibility index (Phi) is 5.20. The molecule has 0 amide bonds. The minimum absolute atomic E-state index is 0.0663. The Morgan fingerprint density at radius 1 is 1.00 bits per heavy atom. The van der Waals surface area contributed by atoms with Gasteiger partial charge in [0.25, 0.3) is 5.56 Å². The van der Waals surface area contributed by atoms with Crippen molar-refractivity contribution in [3.05, 3.63) is 81.1 Å². The Balaban J connectivity index is 1.39. The number of hydrogen-bond acceptors (Lipinski definition) is 4. The number of piperazine rings is 1. The van der Waals surface area contributed by atoms with Crippen molar-refractivity contribution in [2.45, 2.75) is 13.1 Å². The lowest BCUT2D eigenvalue weighted by molar-refractivity contribution is 0.120. The van der Waals surface area contributed by atoms with Gasteiger partial charge in [-0.05, 0) is 24.3 Å². The zero-order valence-corrected chi connectivity index (χ0v) is 15.6. The third-order valence-corrected chi connectivity index (χ3v) is 5.27. The largest absolute Gasteiger partial charge is 0.296 e. The Bertz CT molecular complexity index is 994. The molecule has 7 heteroatoms. The summed E-state index contributed by atoms with van der Waals surface area (Å²) in [5.74, 6) is -0.259. The quantitative estimate of drug-likeness (QED) is 0.691. The predicted molar refractivity (Wildman–Crippen MR) is 103 cm³/mol. The number of pyridine rings is 1. The first-order chi connectivity index (χ1) is 13.1. The van der Waals surface area contributed by atoms with E-state index in [0.29, 0.717) is 29.3 Å². The fourth-order valence-corrected chi connectivity index (χ4v) is 3.65. The maximum absolute atomic E-state index is 14.0. The molecule has 0 aliphatic carbocycles. The summed E-state index contributed by atoms with van der Waals surface area (Å²) < 4.78 is 15.5. The van der Waals surface area contributed by atoms with Gasteiger partial charge < -0.3 is 0 Å². The van der Waals surface area contributed by atoms with Crippen molar-refractivity contribution in [2.24, 2.45) is 0 Å². The van der Waals surface area contributed by atoms with Crippen LogP contribution in [0, 0.1) is 5.82 Å². The summed E-state index contributed by atoms with van der Waals surface area (Å²) in [7, 11) is 0. The summed E-state index contributed by atoms with van der Waals surface area (Å²) in [5, 5.41) is 0.471. The average Bonchev–Trinajstić information content (AvgIpc) is 2.66. The van der Waals surface area contributed by atoms with Gasteiger partial charge in [-0.2, -0.15) is 0 Å². The molecule has 140 valence electrons. The molecule has 4 rings (SSSR count). The van der Waals surface area contributed by atoms with E-state index in [1.807, 2.05) is 18.2 Å². The van der Waals surface area contributed by atoms with E-state index in [4.69, 9.17) is 11.6 Å². The molecule has 3 heterocycles. The van der Waals surface area contributed by atoms with Gasteiger partial charge in [-0.3, -0.25) is 19.0 Å². The minimum Gasteiger partial charge on any atom is -0.296 e. The standard InChI is InChI=1S/C20H20ClFN4O/c21-17-4-3-5-18(22)16(17)14-25-10-8-24(9-11-25)13-15-12-20(27)26-7-2-1-6-19(26)23-15/h1-7,12H,8-11,13-14H2. The number of aromatic nitrogens is 2. The van der Waals surface area contributed by atoms with Crippen LogP contribution in [0.5, 0.6) is 0 Å². The molecule has 0 spiro atoms. The summed E-state index contributed by atoms with van der Waals surface area (Å²) in [6.45, 7) is 4.45. The van der Waals surface area contributed by atoms with Crippen LogP contribution in [0.1, 0.15) is 11.3 Å². The molecule has 0 unspecified atom stereocenters. The van der Waals surface area contributed by atoms with Crippen molar-refractivity contribution in [2.75, 3.05) is 26.2 Å². The van der Waals surface area contributed by atoms with Crippen LogP contribution in [-0.2, 0) is 13.1 Å². The van der Waals surface area contributed by atoms with Crippen molar-refractivity contribution >= 4 is 17.2 Å². The van der Waals surface area contributed by atoms with Gasteiger partial charge in [-0.1, -0.05) is 23.7 Å². The lowest BCUT2D eigenvalue weighted by Gasteiger charge is -2.34. The van der Waals surface area contributed by atoms with Crippen LogP contribution in [0.3, 0.4) is 0 Å². The molecule has 0 radical (unpaired) electrons. The van der Waals surface area contributed by atoms with Crippen molar-refractivity contribution in [3.63, 3.8) is 0 Å². The van der Waals surface area contributed by atoms with Crippen LogP contribution < -0.4 is 5.56 Å². The van der Waals surface area contributed by atoms with Gasteiger partial charge in [0.05, 0.1) is 5.69 Å². The molecule has 1 saturated heterocycles. The van der Waals surface area contributed by atoms with Crippen molar-refractivity contribution in [3.8, 4) is 0 Å². The van der Waals surface area contributed by atoms with E-state index in [2.05, 4.69) is 14.8 Å². The average molecular weight is 387 g/mol. The molecule has 1 aromatic carbocycles. The fraction of sp³-hybridized carbons (Fsp3) is 0.300. The molecule has 1 aliphatic rings. The molecule has 2 aromatic heterocycles. The summed E-state index contributed by atoms with van der Waals surface area (Å²) in [4.78, 5) is 21.3. The van der Waals surface area contributed by atoms with E-state index in [9.17, 15) is 9.18 Å². The van der Waals surface area contributed by atoms with Crippen LogP contribution >= 0.6 is 11.6 Å². The third kappa shape index (κ3) is 4.03. The van der Waals surface area contributed by atoms with Crippen molar-refractivity contribution in [1.29, 1.82) is 0 Å². The van der Waals surface area contributed by atoms with E-state index >= 15 is 0 Å². The number of fused-ring (bicyclic) bond motifs is 1. The highest BCUT2D eigenvalue weighted by molar-refractivity contribution is 6.31. The first kappa shape index (κ1) is 18.1. The SMILES string of the molecule is O=c1cc(CN2CCN(Cc3c(F)cccc3Cl)CC2)nc2ccccn12. The first-order valence-electron chi connectivity index (χ1n) is 8.95. The Labute approximate surface area is 161 Å². The summed E-state index contributed by atoms with van der Waals surface area (Å²) >= 11 is 6.13. The number of halogens is 2. The van der Waals surface area contributed by atoms with E-state index in [0.717, 1.165) is 31.9 Å². The zero-order chi connectivity index (χ0) is 18.8. The van der Waals surface area contributed by atoms with E-state index in [-0.39, 0.29) is 11.4 Å². The highest BCUT2D eigenvalue weighted by atomic mass is 35.5. The van der Waals surface area contributed by atoms with Gasteiger partial charge in [0.1, 0.15) is 11.5 Å². The van der Waals surface area contributed by atoms with E-state index in [1.54, 1.807) is 28.8 Å². The third-order valence-electron chi connectivity index (χ3n) is 4.92. The molecule has 0 N–H and O–H groups in total. The van der Waals surface area contributed by atoms with Crippen LogP contribution in [0.25, 0.3) is 5.65 Å². The van der Waals surface area contributed by atoms with Gasteiger partial charge >= 0.3 is 0 Å². The Hall–Kier alpha value is -2.28. The zero-order valence-electron chi connectivity index (χ0n) is 14.8. The van der Waals surface area contributed by atoms with Gasteiger partial charge in [0.15, 0.2) is 0 Å². The first-order valence-corrected chi connectivity index (χ1v) is 9.33. The molecule has 27 heavy (non-hydrogen) atoms. The van der Waals surface area contributed by atoms with E-state index in [1.165, 1.54) is 6.07 Å². The smallest absolute Gasteiger partial charge is 0.258 e. The van der Waals surface area contributed by atoms with Crippen LogP contribution in [0.2, 0.25) is 5.02 Å². The molecular weight excluding hydrogens is 367 g/mol. The second-order valence-corrected chi connectivity index (χ2v) is 7.17. The van der Waals surface area contributed by atoms with E-state index < -0.39 is 0 Å². The van der Waals surface area contributed by atoms with Crippen molar-refractivity contribution < 1.29 is 4.39 Å². The summed E-state index contributed by atoms with van der Waals surface area (Å²) in [6.07, 6.45) is 1.72. The van der Waals surface area contributed by atoms with Crippen LogP contribution in [-0.4, -0.2) is 45.4 Å². The van der Waals surface area contributed by atoms with Crippen LogP contribution in [0.15, 0.2) is 53.5 Å². The number of hydrogen-bond donors (Lipinski definition) is 0. The molecule has 1 aliphatic heterocycles. The molecule has 1 fully saturated rings. The monoisotopic (exact) mass is 386 g/mol. The van der Waals surface area contributed by atoms with Gasteiger partial charge in [-0.25, -0.2) is 9.37 Å². The second kappa shape index (κ2) is 7.76. The maximum atomic E-state index is 14.0. The molecule has 5 nitrogen and oxygen atoms in total. The molecular formula is C20H20ClFN4O. The molecule has 0 atom stereocenters. The lowest BCUT2D eigenvalue weighted by atomic mass is 10.2. The van der Waals surface area contributed by atoms with Gasteiger partial charge in [0.2, 0.25) is 0 Å². The summed E-state index contributed by atoms with van der Waals surface area (Å²) in [6, 6.07) is 11.9. The molecule has 0 saturated carbocycles. The number of nitrogens with zero attached hydrogens (tertiary/aromatic N) is 4. The fourth-order valence-electron chi connectivity index (χ4n) is 3.43. The van der Waals surface area contributed by atoms with Gasteiger partial charge in [-0.15, -0.1) is 0 Å². The van der Waals surface area contributed by atoms with Gasteiger partial charge in [0, 0.05) is 62.1 Å². The number of benzene rings is 1. The number of rotatable bonds is 4. The highest BCUT2D eigenvalue weighted by Gasteiger charge is 2.20.